The molecule has 0 fully saturated rings. The van der Waals surface area contributed by atoms with E-state index in [1.807, 2.05) is 6.92 Å². The van der Waals surface area contributed by atoms with Gasteiger partial charge in [-0.05, 0) is 5.75 Å². The molecule has 0 amide bonds. The third-order valence-corrected chi connectivity index (χ3v) is 2.36. The van der Waals surface area contributed by atoms with Crippen LogP contribution in [0.4, 0.5) is 5.69 Å². The molecule has 1 rings (SSSR count). The monoisotopic (exact) mass is 214 g/mol. The highest BCUT2D eigenvalue weighted by molar-refractivity contribution is 7.99. The zero-order valence-electron chi connectivity index (χ0n) is 7.89. The Balaban J connectivity index is 3.10. The molecule has 76 valence electrons. The second kappa shape index (κ2) is 4.80. The van der Waals surface area contributed by atoms with Gasteiger partial charge in [-0.3, -0.25) is 10.1 Å². The summed E-state index contributed by atoms with van der Waals surface area (Å²) >= 11 is 1.33. The van der Waals surface area contributed by atoms with Crippen LogP contribution < -0.4 is 4.74 Å². The van der Waals surface area contributed by atoms with E-state index in [2.05, 4.69) is 4.98 Å². The molecular formula is C8H10N2O3S. The van der Waals surface area contributed by atoms with Gasteiger partial charge in [0.15, 0.2) is 5.03 Å². The molecule has 6 heteroatoms. The minimum atomic E-state index is -0.440. The smallest absolute Gasteiger partial charge is 0.301 e. The van der Waals surface area contributed by atoms with Crippen molar-refractivity contribution in [1.82, 2.24) is 4.98 Å². The molecule has 0 spiro atoms. The van der Waals surface area contributed by atoms with E-state index < -0.39 is 4.92 Å². The fourth-order valence-electron chi connectivity index (χ4n) is 0.912. The van der Waals surface area contributed by atoms with Crippen LogP contribution in [0.1, 0.15) is 6.92 Å². The Morgan fingerprint density at radius 2 is 2.36 bits per heavy atom. The molecule has 1 aromatic heterocycles. The number of thioether (sulfide) groups is 1. The van der Waals surface area contributed by atoms with Gasteiger partial charge in [0.1, 0.15) is 0 Å². The maximum absolute atomic E-state index is 10.6. The molecule has 1 aromatic rings. The molecule has 0 radical (unpaired) electrons. The van der Waals surface area contributed by atoms with Gasteiger partial charge in [0, 0.05) is 12.1 Å². The van der Waals surface area contributed by atoms with Crippen LogP contribution in [0.2, 0.25) is 0 Å². The van der Waals surface area contributed by atoms with Crippen molar-refractivity contribution in [2.75, 3.05) is 12.9 Å². The SMILES string of the molecule is CCSc1nc(OC)ccc1[N+](=O)[O-]. The summed E-state index contributed by atoms with van der Waals surface area (Å²) < 4.78 is 4.89. The van der Waals surface area contributed by atoms with Crippen LogP contribution in [-0.4, -0.2) is 22.8 Å². The summed E-state index contributed by atoms with van der Waals surface area (Å²) in [6.45, 7) is 1.91. The van der Waals surface area contributed by atoms with E-state index in [4.69, 9.17) is 4.74 Å². The summed E-state index contributed by atoms with van der Waals surface area (Å²) in [5.74, 6) is 1.13. The topological polar surface area (TPSA) is 65.3 Å². The quantitative estimate of drug-likeness (QED) is 0.436. The van der Waals surface area contributed by atoms with Crippen LogP contribution in [-0.2, 0) is 0 Å². The van der Waals surface area contributed by atoms with Crippen molar-refractivity contribution < 1.29 is 9.66 Å². The number of rotatable bonds is 4. The summed E-state index contributed by atoms with van der Waals surface area (Å²) in [5.41, 5.74) is 0.0256. The summed E-state index contributed by atoms with van der Waals surface area (Å²) in [6.07, 6.45) is 0. The lowest BCUT2D eigenvalue weighted by molar-refractivity contribution is -0.388. The first-order valence-electron chi connectivity index (χ1n) is 4.01. The van der Waals surface area contributed by atoms with Crippen molar-refractivity contribution in [3.05, 3.63) is 22.2 Å². The lowest BCUT2D eigenvalue weighted by atomic mass is 10.4. The summed E-state index contributed by atoms with van der Waals surface area (Å²) in [5, 5.41) is 11.0. The number of methoxy groups -OCH3 is 1. The van der Waals surface area contributed by atoms with Crippen LogP contribution in [0.3, 0.4) is 0 Å². The average Bonchev–Trinajstić information content (AvgIpc) is 2.17. The fourth-order valence-corrected chi connectivity index (χ4v) is 1.63. The van der Waals surface area contributed by atoms with Gasteiger partial charge < -0.3 is 4.74 Å². The fraction of sp³-hybridized carbons (Fsp3) is 0.375. The second-order valence-electron chi connectivity index (χ2n) is 2.37. The van der Waals surface area contributed by atoms with Gasteiger partial charge in [0.05, 0.1) is 12.0 Å². The third-order valence-electron chi connectivity index (χ3n) is 1.50. The van der Waals surface area contributed by atoms with Crippen molar-refractivity contribution in [3.63, 3.8) is 0 Å². The summed E-state index contributed by atoms with van der Waals surface area (Å²) in [6, 6.07) is 2.89. The van der Waals surface area contributed by atoms with E-state index in [0.717, 1.165) is 5.75 Å². The Morgan fingerprint density at radius 3 is 2.86 bits per heavy atom. The van der Waals surface area contributed by atoms with Crippen molar-refractivity contribution in [1.29, 1.82) is 0 Å². The number of nitrogens with zero attached hydrogens (tertiary/aromatic N) is 2. The minimum Gasteiger partial charge on any atom is -0.481 e. The molecule has 5 nitrogen and oxygen atoms in total. The van der Waals surface area contributed by atoms with Crippen molar-refractivity contribution >= 4 is 17.4 Å². The first kappa shape index (κ1) is 10.8. The molecule has 0 saturated carbocycles. The molecular weight excluding hydrogens is 204 g/mol. The van der Waals surface area contributed by atoms with Gasteiger partial charge in [-0.1, -0.05) is 18.7 Å². The van der Waals surface area contributed by atoms with E-state index >= 15 is 0 Å². The summed E-state index contributed by atoms with van der Waals surface area (Å²) in [7, 11) is 1.48. The maximum Gasteiger partial charge on any atom is 0.301 e. The van der Waals surface area contributed by atoms with E-state index in [9.17, 15) is 10.1 Å². The zero-order chi connectivity index (χ0) is 10.6. The van der Waals surface area contributed by atoms with Crippen LogP contribution in [0, 0.1) is 10.1 Å². The number of hydrogen-bond donors (Lipinski definition) is 0. The molecule has 0 aromatic carbocycles. The van der Waals surface area contributed by atoms with E-state index in [1.54, 1.807) is 0 Å². The number of hydrogen-bond acceptors (Lipinski definition) is 5. The highest BCUT2D eigenvalue weighted by atomic mass is 32.2. The van der Waals surface area contributed by atoms with E-state index in [0.29, 0.717) is 10.9 Å². The Bertz CT molecular complexity index is 343. The molecule has 0 aliphatic heterocycles. The highest BCUT2D eigenvalue weighted by Crippen LogP contribution is 2.28. The average molecular weight is 214 g/mol. The Kier molecular flexibility index (Phi) is 3.70. The Hall–Kier alpha value is -1.30. The normalized spacial score (nSPS) is 9.86. The largest absolute Gasteiger partial charge is 0.481 e. The molecule has 14 heavy (non-hydrogen) atoms. The van der Waals surface area contributed by atoms with Gasteiger partial charge in [0.2, 0.25) is 5.88 Å². The van der Waals surface area contributed by atoms with E-state index in [-0.39, 0.29) is 5.69 Å². The first-order chi connectivity index (χ1) is 6.69. The second-order valence-corrected chi connectivity index (χ2v) is 3.62. The van der Waals surface area contributed by atoms with Crippen molar-refractivity contribution in [2.45, 2.75) is 11.9 Å². The number of nitro groups is 1. The lowest BCUT2D eigenvalue weighted by Gasteiger charge is -2.02. The van der Waals surface area contributed by atoms with Gasteiger partial charge in [-0.25, -0.2) is 0 Å². The van der Waals surface area contributed by atoms with Crippen molar-refractivity contribution in [3.8, 4) is 5.88 Å². The van der Waals surface area contributed by atoms with Crippen LogP contribution in [0.5, 0.6) is 5.88 Å². The van der Waals surface area contributed by atoms with Crippen LogP contribution >= 0.6 is 11.8 Å². The van der Waals surface area contributed by atoms with Crippen molar-refractivity contribution in [2.24, 2.45) is 0 Å². The number of pyridine rings is 1. The summed E-state index contributed by atoms with van der Waals surface area (Å²) in [4.78, 5) is 14.2. The number of ether oxygens (including phenoxy) is 1. The Morgan fingerprint density at radius 1 is 1.64 bits per heavy atom. The van der Waals surface area contributed by atoms with Gasteiger partial charge in [-0.2, -0.15) is 4.98 Å². The Labute approximate surface area is 85.6 Å². The van der Waals surface area contributed by atoms with Crippen LogP contribution in [0.25, 0.3) is 0 Å². The predicted octanol–water partition coefficient (Wildman–Crippen LogP) is 2.11. The van der Waals surface area contributed by atoms with Gasteiger partial charge >= 0.3 is 5.69 Å². The molecule has 1 heterocycles. The molecule has 0 aliphatic rings. The highest BCUT2D eigenvalue weighted by Gasteiger charge is 2.15. The first-order valence-corrected chi connectivity index (χ1v) is 4.99. The molecule has 0 atom stereocenters. The van der Waals surface area contributed by atoms with Crippen LogP contribution in [0.15, 0.2) is 17.2 Å². The number of aromatic nitrogens is 1. The van der Waals surface area contributed by atoms with Gasteiger partial charge in [-0.15, -0.1) is 0 Å². The third kappa shape index (κ3) is 2.35. The predicted molar refractivity (Wildman–Crippen MR) is 53.8 cm³/mol. The minimum absolute atomic E-state index is 0.0256. The zero-order valence-corrected chi connectivity index (χ0v) is 8.71. The molecule has 0 bridgehead atoms. The van der Waals surface area contributed by atoms with Gasteiger partial charge in [0.25, 0.3) is 0 Å². The maximum atomic E-state index is 10.6. The molecule has 0 aliphatic carbocycles. The molecule has 0 unspecified atom stereocenters. The molecule has 0 saturated heterocycles. The molecule has 0 N–H and O–H groups in total. The standard InChI is InChI=1S/C8H10N2O3S/c1-3-14-8-6(10(11)12)4-5-7(9-8)13-2/h4-5H,3H2,1-2H3. The lowest BCUT2D eigenvalue weighted by Crippen LogP contribution is -1.96. The van der Waals surface area contributed by atoms with E-state index in [1.165, 1.54) is 31.0 Å².